The fourth-order valence-corrected chi connectivity index (χ4v) is 1.47. The zero-order chi connectivity index (χ0) is 9.40. The van der Waals surface area contributed by atoms with Crippen molar-refractivity contribution in [3.8, 4) is 0 Å². The van der Waals surface area contributed by atoms with Crippen molar-refractivity contribution in [2.75, 3.05) is 7.11 Å². The van der Waals surface area contributed by atoms with Crippen LogP contribution in [0.1, 0.15) is 52.9 Å². The minimum Gasteiger partial charge on any atom is -0.381 e. The minimum atomic E-state index is 0.571. The number of hydrogen-bond acceptors (Lipinski definition) is 1. The van der Waals surface area contributed by atoms with Crippen molar-refractivity contribution in [1.29, 1.82) is 0 Å². The monoisotopic (exact) mass is 172 g/mol. The highest BCUT2D eigenvalue weighted by Crippen LogP contribution is 2.24. The van der Waals surface area contributed by atoms with Gasteiger partial charge in [-0.3, -0.25) is 0 Å². The summed E-state index contributed by atoms with van der Waals surface area (Å²) in [6.07, 6.45) is 7.09. The lowest BCUT2D eigenvalue weighted by molar-refractivity contribution is 0.0593. The molecule has 0 amide bonds. The fourth-order valence-electron chi connectivity index (χ4n) is 1.47. The Labute approximate surface area is 77.5 Å². The second-order valence-electron chi connectivity index (χ2n) is 3.82. The third kappa shape index (κ3) is 5.59. The first-order chi connectivity index (χ1) is 5.74. The molecular weight excluding hydrogens is 148 g/mol. The number of methoxy groups -OCH3 is 1. The van der Waals surface area contributed by atoms with Gasteiger partial charge in [-0.25, -0.2) is 0 Å². The van der Waals surface area contributed by atoms with E-state index in [0.717, 1.165) is 5.92 Å². The van der Waals surface area contributed by atoms with Crippen molar-refractivity contribution >= 4 is 0 Å². The van der Waals surface area contributed by atoms with Gasteiger partial charge in [0, 0.05) is 7.11 Å². The smallest absolute Gasteiger partial charge is 0.0571 e. The number of rotatable bonds is 1. The Morgan fingerprint density at radius 2 is 1.50 bits per heavy atom. The molecule has 0 heterocycles. The highest BCUT2D eigenvalue weighted by atomic mass is 16.5. The second kappa shape index (κ2) is 7.60. The molecule has 0 atom stereocenters. The average Bonchev–Trinajstić information content (AvgIpc) is 2.07. The molecule has 1 fully saturated rings. The maximum Gasteiger partial charge on any atom is 0.0571 e. The predicted octanol–water partition coefficient (Wildman–Crippen LogP) is 3.63. The molecule has 1 aliphatic carbocycles. The SMILES string of the molecule is CCC.COC1CCC(C)CC1. The molecule has 0 bridgehead atoms. The third-order valence-electron chi connectivity index (χ3n) is 2.30. The molecule has 0 radical (unpaired) electrons. The van der Waals surface area contributed by atoms with Crippen molar-refractivity contribution in [1.82, 2.24) is 0 Å². The average molecular weight is 172 g/mol. The van der Waals surface area contributed by atoms with Gasteiger partial charge in [0.15, 0.2) is 0 Å². The van der Waals surface area contributed by atoms with Crippen LogP contribution in [0.4, 0.5) is 0 Å². The van der Waals surface area contributed by atoms with E-state index in [-0.39, 0.29) is 0 Å². The summed E-state index contributed by atoms with van der Waals surface area (Å²) in [6, 6.07) is 0. The fraction of sp³-hybridized carbons (Fsp3) is 1.00. The van der Waals surface area contributed by atoms with E-state index in [1.165, 1.54) is 32.1 Å². The summed E-state index contributed by atoms with van der Waals surface area (Å²) < 4.78 is 5.24. The Hall–Kier alpha value is -0.0400. The number of hydrogen-bond donors (Lipinski definition) is 0. The maximum absolute atomic E-state index is 5.24. The Morgan fingerprint density at radius 3 is 1.83 bits per heavy atom. The van der Waals surface area contributed by atoms with Crippen LogP contribution in [0.3, 0.4) is 0 Å². The molecule has 0 N–H and O–H groups in total. The van der Waals surface area contributed by atoms with Crippen LogP contribution in [-0.2, 0) is 4.74 Å². The zero-order valence-electron chi connectivity index (χ0n) is 9.10. The van der Waals surface area contributed by atoms with E-state index in [9.17, 15) is 0 Å². The van der Waals surface area contributed by atoms with Crippen LogP contribution in [0.5, 0.6) is 0 Å². The Balaban J connectivity index is 0.000000354. The molecule has 74 valence electrons. The van der Waals surface area contributed by atoms with Crippen LogP contribution in [-0.4, -0.2) is 13.2 Å². The van der Waals surface area contributed by atoms with Crippen molar-refractivity contribution < 1.29 is 4.74 Å². The lowest BCUT2D eigenvalue weighted by Gasteiger charge is -2.24. The van der Waals surface area contributed by atoms with Gasteiger partial charge in [-0.15, -0.1) is 0 Å². The van der Waals surface area contributed by atoms with Crippen LogP contribution in [0.25, 0.3) is 0 Å². The van der Waals surface area contributed by atoms with Crippen LogP contribution >= 0.6 is 0 Å². The summed E-state index contributed by atoms with van der Waals surface area (Å²) >= 11 is 0. The van der Waals surface area contributed by atoms with Crippen LogP contribution < -0.4 is 0 Å². The zero-order valence-corrected chi connectivity index (χ0v) is 9.10. The van der Waals surface area contributed by atoms with Crippen LogP contribution in [0, 0.1) is 5.92 Å². The molecule has 0 spiro atoms. The molecule has 0 aromatic carbocycles. The van der Waals surface area contributed by atoms with Crippen molar-refractivity contribution in [2.45, 2.75) is 59.0 Å². The highest BCUT2D eigenvalue weighted by molar-refractivity contribution is 4.68. The molecule has 0 saturated heterocycles. The lowest BCUT2D eigenvalue weighted by atomic mass is 9.89. The summed E-state index contributed by atoms with van der Waals surface area (Å²) in [5.74, 6) is 0.941. The molecule has 0 aromatic rings. The van der Waals surface area contributed by atoms with E-state index in [1.54, 1.807) is 0 Å². The maximum atomic E-state index is 5.24. The first kappa shape index (κ1) is 12.0. The van der Waals surface area contributed by atoms with Gasteiger partial charge >= 0.3 is 0 Å². The Morgan fingerprint density at radius 1 is 1.08 bits per heavy atom. The van der Waals surface area contributed by atoms with Gasteiger partial charge in [0.2, 0.25) is 0 Å². The van der Waals surface area contributed by atoms with Crippen LogP contribution in [0.15, 0.2) is 0 Å². The van der Waals surface area contributed by atoms with Crippen LogP contribution in [0.2, 0.25) is 0 Å². The largest absolute Gasteiger partial charge is 0.381 e. The van der Waals surface area contributed by atoms with E-state index < -0.39 is 0 Å². The summed E-state index contributed by atoms with van der Waals surface area (Å²) in [4.78, 5) is 0. The quantitative estimate of drug-likeness (QED) is 0.587. The molecule has 1 saturated carbocycles. The predicted molar refractivity (Wildman–Crippen MR) is 54.4 cm³/mol. The first-order valence-electron chi connectivity index (χ1n) is 5.27. The van der Waals surface area contributed by atoms with E-state index in [2.05, 4.69) is 20.8 Å². The van der Waals surface area contributed by atoms with E-state index in [1.807, 2.05) is 7.11 Å². The Kier molecular flexibility index (Phi) is 7.58. The van der Waals surface area contributed by atoms with Crippen molar-refractivity contribution in [2.24, 2.45) is 5.92 Å². The summed E-state index contributed by atoms with van der Waals surface area (Å²) in [5, 5.41) is 0. The second-order valence-corrected chi connectivity index (χ2v) is 3.82. The molecule has 1 nitrogen and oxygen atoms in total. The lowest BCUT2D eigenvalue weighted by Crippen LogP contribution is -2.18. The van der Waals surface area contributed by atoms with E-state index in [4.69, 9.17) is 4.74 Å². The number of ether oxygens (including phenoxy) is 1. The standard InChI is InChI=1S/C8H16O.C3H8/c1-7-3-5-8(9-2)6-4-7;1-3-2/h7-8H,3-6H2,1-2H3;3H2,1-2H3. The molecule has 1 aliphatic rings. The molecule has 0 unspecified atom stereocenters. The summed E-state index contributed by atoms with van der Waals surface area (Å²) in [6.45, 7) is 6.58. The van der Waals surface area contributed by atoms with Gasteiger partial charge in [0.25, 0.3) is 0 Å². The third-order valence-corrected chi connectivity index (χ3v) is 2.30. The molecule has 1 heteroatoms. The Bertz CT molecular complexity index is 83.0. The minimum absolute atomic E-state index is 0.571. The van der Waals surface area contributed by atoms with Crippen molar-refractivity contribution in [3.05, 3.63) is 0 Å². The van der Waals surface area contributed by atoms with Gasteiger partial charge in [-0.1, -0.05) is 27.2 Å². The first-order valence-corrected chi connectivity index (χ1v) is 5.27. The highest BCUT2D eigenvalue weighted by Gasteiger charge is 2.16. The van der Waals surface area contributed by atoms with Gasteiger partial charge in [-0.2, -0.15) is 0 Å². The molecule has 1 rings (SSSR count). The summed E-state index contributed by atoms with van der Waals surface area (Å²) in [5.41, 5.74) is 0. The van der Waals surface area contributed by atoms with Gasteiger partial charge in [0.1, 0.15) is 0 Å². The van der Waals surface area contributed by atoms with E-state index in [0.29, 0.717) is 6.10 Å². The van der Waals surface area contributed by atoms with Gasteiger partial charge in [0.05, 0.1) is 6.10 Å². The molecular formula is C11H24O. The molecule has 12 heavy (non-hydrogen) atoms. The molecule has 0 aromatic heterocycles. The topological polar surface area (TPSA) is 9.23 Å². The van der Waals surface area contributed by atoms with Gasteiger partial charge in [-0.05, 0) is 31.6 Å². The van der Waals surface area contributed by atoms with Gasteiger partial charge < -0.3 is 4.74 Å². The normalized spacial score (nSPS) is 29.0. The van der Waals surface area contributed by atoms with Crippen molar-refractivity contribution in [3.63, 3.8) is 0 Å². The molecule has 0 aliphatic heterocycles. The van der Waals surface area contributed by atoms with E-state index >= 15 is 0 Å². The summed E-state index contributed by atoms with van der Waals surface area (Å²) in [7, 11) is 1.82.